The lowest BCUT2D eigenvalue weighted by Gasteiger charge is -2.31. The van der Waals surface area contributed by atoms with Gasteiger partial charge in [-0.25, -0.2) is 0 Å². The molecule has 1 amide bonds. The smallest absolute Gasteiger partial charge is 0.290 e. The Kier molecular flexibility index (Phi) is 13.9. The van der Waals surface area contributed by atoms with Gasteiger partial charge in [0.1, 0.15) is 11.6 Å². The monoisotopic (exact) mass is 604 g/mol. The van der Waals surface area contributed by atoms with Crippen molar-refractivity contribution in [1.82, 2.24) is 9.58 Å². The standard InChI is InChI=1S/C35H52N6O3/c1-6-10-16-27(8-3)24-39(25-28(9-4)17-11-7-2)33(42)29-18-15-19-30(22-29)37-38-32-26(5)31(23-36)34(43)41(35(32)44)40-20-13-12-14-21-40/h15,18-19,22,27-28,44H,6-14,16-17,20-21,24-25H2,1-5H3/b38-37+. The second kappa shape index (κ2) is 17.6. The number of piperidine rings is 1. The summed E-state index contributed by atoms with van der Waals surface area (Å²) in [4.78, 5) is 29.1. The molecule has 1 saturated heterocycles. The zero-order valence-corrected chi connectivity index (χ0v) is 27.5. The van der Waals surface area contributed by atoms with Crippen LogP contribution in [0.4, 0.5) is 11.4 Å². The first-order valence-corrected chi connectivity index (χ1v) is 16.7. The second-order valence-electron chi connectivity index (χ2n) is 12.2. The molecule has 1 aliphatic rings. The average molecular weight is 605 g/mol. The highest BCUT2D eigenvalue weighted by Gasteiger charge is 2.25. The minimum atomic E-state index is -0.551. The van der Waals surface area contributed by atoms with Gasteiger partial charge >= 0.3 is 0 Å². The lowest BCUT2D eigenvalue weighted by Crippen LogP contribution is -2.46. The van der Waals surface area contributed by atoms with E-state index in [0.717, 1.165) is 83.7 Å². The molecule has 0 saturated carbocycles. The van der Waals surface area contributed by atoms with Gasteiger partial charge in [0.05, 0.1) is 5.69 Å². The number of hydrogen-bond donors (Lipinski definition) is 1. The highest BCUT2D eigenvalue weighted by atomic mass is 16.3. The molecule has 3 rings (SSSR count). The summed E-state index contributed by atoms with van der Waals surface area (Å²) in [6.07, 6.45) is 11.8. The minimum Gasteiger partial charge on any atom is -0.492 e. The Hall–Kier alpha value is -3.67. The Bertz CT molecular complexity index is 1340. The number of aromatic nitrogens is 1. The van der Waals surface area contributed by atoms with Crippen molar-refractivity contribution < 1.29 is 9.90 Å². The Labute approximate surface area is 263 Å². The van der Waals surface area contributed by atoms with Crippen LogP contribution in [-0.4, -0.2) is 46.8 Å². The summed E-state index contributed by atoms with van der Waals surface area (Å²) in [5.41, 5.74) is 0.747. The molecule has 0 bridgehead atoms. The van der Waals surface area contributed by atoms with Crippen molar-refractivity contribution in [3.8, 4) is 11.9 Å². The van der Waals surface area contributed by atoms with Gasteiger partial charge in [-0.1, -0.05) is 72.3 Å². The first kappa shape index (κ1) is 34.8. The fourth-order valence-electron chi connectivity index (χ4n) is 6.03. The lowest BCUT2D eigenvalue weighted by atomic mass is 9.95. The first-order valence-electron chi connectivity index (χ1n) is 16.7. The summed E-state index contributed by atoms with van der Waals surface area (Å²) in [6, 6.07) is 9.10. The van der Waals surface area contributed by atoms with Gasteiger partial charge in [0.25, 0.3) is 11.5 Å². The number of carbonyl (C=O) groups excluding carboxylic acids is 1. The van der Waals surface area contributed by atoms with Crippen LogP contribution in [0.3, 0.4) is 0 Å². The molecule has 2 aromatic rings. The van der Waals surface area contributed by atoms with Crippen molar-refractivity contribution >= 4 is 17.3 Å². The van der Waals surface area contributed by atoms with E-state index >= 15 is 0 Å². The fourth-order valence-corrected chi connectivity index (χ4v) is 6.03. The van der Waals surface area contributed by atoms with Gasteiger partial charge in [-0.2, -0.15) is 15.1 Å². The molecule has 2 atom stereocenters. The Morgan fingerprint density at radius 2 is 1.61 bits per heavy atom. The molecule has 2 heterocycles. The van der Waals surface area contributed by atoms with Gasteiger partial charge in [-0.3, -0.25) is 9.59 Å². The van der Waals surface area contributed by atoms with Crippen molar-refractivity contribution in [3.63, 3.8) is 0 Å². The van der Waals surface area contributed by atoms with E-state index in [1.54, 1.807) is 30.1 Å². The normalized spacial score (nSPS) is 14.9. The van der Waals surface area contributed by atoms with Crippen molar-refractivity contribution in [3.05, 3.63) is 51.3 Å². The van der Waals surface area contributed by atoms with Gasteiger partial charge in [0.15, 0.2) is 5.69 Å². The van der Waals surface area contributed by atoms with E-state index in [2.05, 4.69) is 37.9 Å². The van der Waals surface area contributed by atoms with Gasteiger partial charge < -0.3 is 15.0 Å². The summed E-state index contributed by atoms with van der Waals surface area (Å²) in [5.74, 6) is 0.588. The minimum absolute atomic E-state index is 0.00334. The maximum Gasteiger partial charge on any atom is 0.290 e. The summed E-state index contributed by atoms with van der Waals surface area (Å²) >= 11 is 0. The number of nitrogens with zero attached hydrogens (tertiary/aromatic N) is 6. The maximum absolute atomic E-state index is 14.0. The number of carbonyl (C=O) groups is 1. The van der Waals surface area contributed by atoms with Crippen molar-refractivity contribution in [2.24, 2.45) is 22.1 Å². The summed E-state index contributed by atoms with van der Waals surface area (Å²) in [5, 5.41) is 31.4. The molecule has 1 aromatic carbocycles. The maximum atomic E-state index is 14.0. The molecule has 1 fully saturated rings. The summed E-state index contributed by atoms with van der Waals surface area (Å²) < 4.78 is 1.17. The van der Waals surface area contributed by atoms with Gasteiger partial charge in [0, 0.05) is 37.3 Å². The largest absolute Gasteiger partial charge is 0.492 e. The molecule has 9 nitrogen and oxygen atoms in total. The number of unbranched alkanes of at least 4 members (excludes halogenated alkanes) is 2. The van der Waals surface area contributed by atoms with Crippen molar-refractivity contribution in [2.45, 2.75) is 105 Å². The van der Waals surface area contributed by atoms with Crippen LogP contribution in [-0.2, 0) is 0 Å². The fraction of sp³-hybridized carbons (Fsp3) is 0.629. The SMILES string of the molecule is CCCCC(CC)CN(CC(CC)CCCC)C(=O)c1cccc(/N=N/c2c(C)c(C#N)c(=O)n(N3CCCCC3)c2O)c1. The molecular weight excluding hydrogens is 552 g/mol. The number of aromatic hydroxyl groups is 1. The number of hydrogen-bond acceptors (Lipinski definition) is 7. The van der Waals surface area contributed by atoms with E-state index in [0.29, 0.717) is 36.2 Å². The second-order valence-corrected chi connectivity index (χ2v) is 12.2. The molecule has 1 N–H and O–H groups in total. The highest BCUT2D eigenvalue weighted by molar-refractivity contribution is 5.95. The zero-order valence-electron chi connectivity index (χ0n) is 27.5. The number of rotatable bonds is 16. The van der Waals surface area contributed by atoms with E-state index in [1.807, 2.05) is 17.0 Å². The lowest BCUT2D eigenvalue weighted by molar-refractivity contribution is 0.0685. The number of benzene rings is 1. The molecule has 0 aliphatic carbocycles. The quantitative estimate of drug-likeness (QED) is 0.194. The van der Waals surface area contributed by atoms with Gasteiger partial charge in [-0.15, -0.1) is 5.11 Å². The van der Waals surface area contributed by atoms with Crippen molar-refractivity contribution in [2.75, 3.05) is 31.2 Å². The average Bonchev–Trinajstić information content (AvgIpc) is 3.04. The van der Waals surface area contributed by atoms with Crippen LogP contribution in [0.1, 0.15) is 120 Å². The van der Waals surface area contributed by atoms with E-state index in [4.69, 9.17) is 0 Å². The number of pyridine rings is 1. The Balaban J connectivity index is 1.94. The number of azo groups is 1. The molecule has 1 aromatic heterocycles. The van der Waals surface area contributed by atoms with Crippen LogP contribution < -0.4 is 10.6 Å². The molecule has 9 heteroatoms. The summed E-state index contributed by atoms with van der Waals surface area (Å²) in [7, 11) is 0. The predicted octanol–water partition coefficient (Wildman–Crippen LogP) is 8.15. The van der Waals surface area contributed by atoms with Crippen LogP contribution in [0, 0.1) is 30.1 Å². The van der Waals surface area contributed by atoms with E-state index in [9.17, 15) is 20.0 Å². The van der Waals surface area contributed by atoms with Crippen LogP contribution in [0.5, 0.6) is 5.88 Å². The van der Waals surface area contributed by atoms with Gasteiger partial charge in [0.2, 0.25) is 5.88 Å². The van der Waals surface area contributed by atoms with Crippen LogP contribution in [0.25, 0.3) is 0 Å². The number of amides is 1. The van der Waals surface area contributed by atoms with Gasteiger partial charge in [-0.05, 0) is 69.1 Å². The molecule has 44 heavy (non-hydrogen) atoms. The highest BCUT2D eigenvalue weighted by Crippen LogP contribution is 2.33. The van der Waals surface area contributed by atoms with E-state index < -0.39 is 5.56 Å². The number of nitriles is 1. The van der Waals surface area contributed by atoms with E-state index in [1.165, 1.54) is 4.68 Å². The van der Waals surface area contributed by atoms with Crippen LogP contribution in [0.15, 0.2) is 39.3 Å². The third kappa shape index (κ3) is 8.93. The van der Waals surface area contributed by atoms with Crippen LogP contribution in [0.2, 0.25) is 0 Å². The van der Waals surface area contributed by atoms with E-state index in [-0.39, 0.29) is 28.6 Å². The molecule has 2 unspecified atom stereocenters. The van der Waals surface area contributed by atoms with Crippen LogP contribution >= 0.6 is 0 Å². The van der Waals surface area contributed by atoms with Crippen molar-refractivity contribution in [1.29, 1.82) is 5.26 Å². The molecule has 240 valence electrons. The third-order valence-corrected chi connectivity index (χ3v) is 8.97. The zero-order chi connectivity index (χ0) is 32.1. The Morgan fingerprint density at radius 3 is 2.16 bits per heavy atom. The first-order chi connectivity index (χ1) is 21.3. The topological polar surface area (TPSA) is 114 Å². The molecule has 0 spiro atoms. The Morgan fingerprint density at radius 1 is 1.00 bits per heavy atom. The molecule has 0 radical (unpaired) electrons. The molecular formula is C35H52N6O3. The predicted molar refractivity (Wildman–Crippen MR) is 177 cm³/mol. The third-order valence-electron chi connectivity index (χ3n) is 8.97. The molecule has 1 aliphatic heterocycles. The summed E-state index contributed by atoms with van der Waals surface area (Å²) in [6.45, 7) is 13.1.